The van der Waals surface area contributed by atoms with Crippen molar-refractivity contribution in [2.24, 2.45) is 7.05 Å². The molecule has 0 unspecified atom stereocenters. The summed E-state index contributed by atoms with van der Waals surface area (Å²) in [4.78, 5) is 32.8. The molecule has 0 bridgehead atoms. The van der Waals surface area contributed by atoms with Crippen molar-refractivity contribution in [2.75, 3.05) is 32.1 Å². The molecule has 25 heavy (non-hydrogen) atoms. The molecule has 3 rings (SSSR count). The van der Waals surface area contributed by atoms with Crippen LogP contribution in [0.15, 0.2) is 35.3 Å². The van der Waals surface area contributed by atoms with Crippen LogP contribution in [-0.2, 0) is 7.05 Å². The third-order valence-electron chi connectivity index (χ3n) is 4.70. The minimum absolute atomic E-state index is 0.0291. The highest BCUT2D eigenvalue weighted by atomic mass is 16.2. The van der Waals surface area contributed by atoms with Crippen LogP contribution in [0, 0.1) is 6.92 Å². The molecule has 2 aromatic rings. The van der Waals surface area contributed by atoms with Crippen molar-refractivity contribution in [1.82, 2.24) is 14.5 Å². The number of likely N-dealkylation sites (tertiary alicyclic amines) is 1. The normalized spacial score (nSPS) is 17.0. The van der Waals surface area contributed by atoms with Crippen LogP contribution in [0.4, 0.5) is 5.69 Å². The highest BCUT2D eigenvalue weighted by molar-refractivity contribution is 5.94. The Hall–Kier alpha value is -2.63. The van der Waals surface area contributed by atoms with Gasteiger partial charge in [0.05, 0.1) is 5.56 Å². The van der Waals surface area contributed by atoms with E-state index in [1.54, 1.807) is 19.3 Å². The molecule has 1 atom stereocenters. The zero-order valence-corrected chi connectivity index (χ0v) is 15.2. The molecule has 0 radical (unpaired) electrons. The Labute approximate surface area is 147 Å². The van der Waals surface area contributed by atoms with Gasteiger partial charge in [0.1, 0.15) is 0 Å². The summed E-state index contributed by atoms with van der Waals surface area (Å²) in [6.45, 7) is 3.36. The number of anilines is 1. The Kier molecular flexibility index (Phi) is 4.61. The summed E-state index contributed by atoms with van der Waals surface area (Å²) < 4.78 is 1.44. The molecule has 1 aliphatic heterocycles. The monoisotopic (exact) mass is 340 g/mol. The van der Waals surface area contributed by atoms with Crippen molar-refractivity contribution >= 4 is 11.6 Å². The lowest BCUT2D eigenvalue weighted by Crippen LogP contribution is -2.30. The maximum absolute atomic E-state index is 12.7. The molecule has 3 heterocycles. The molecule has 6 nitrogen and oxygen atoms in total. The second kappa shape index (κ2) is 6.70. The summed E-state index contributed by atoms with van der Waals surface area (Å²) in [5.41, 5.74) is 3.60. The highest BCUT2D eigenvalue weighted by Gasteiger charge is 2.29. The van der Waals surface area contributed by atoms with Gasteiger partial charge >= 0.3 is 0 Å². The lowest BCUT2D eigenvalue weighted by molar-refractivity contribution is 0.0789. The summed E-state index contributed by atoms with van der Waals surface area (Å²) in [6, 6.07) is 7.21. The van der Waals surface area contributed by atoms with Crippen LogP contribution >= 0.6 is 0 Å². The van der Waals surface area contributed by atoms with Gasteiger partial charge in [-0.15, -0.1) is 0 Å². The fraction of sp³-hybridized carbons (Fsp3) is 0.421. The van der Waals surface area contributed by atoms with Gasteiger partial charge in [0.25, 0.3) is 5.91 Å². The van der Waals surface area contributed by atoms with Gasteiger partial charge in [-0.05, 0) is 31.5 Å². The molecule has 0 saturated carbocycles. The maximum Gasteiger partial charge on any atom is 0.255 e. The summed E-state index contributed by atoms with van der Waals surface area (Å²) in [6.07, 6.45) is 2.51. The van der Waals surface area contributed by atoms with Crippen LogP contribution in [-0.4, -0.2) is 47.5 Å². The van der Waals surface area contributed by atoms with Crippen LogP contribution in [0.2, 0.25) is 0 Å². The minimum atomic E-state index is -0.115. The lowest BCUT2D eigenvalue weighted by atomic mass is 10.0. The molecule has 132 valence electrons. The van der Waals surface area contributed by atoms with Crippen molar-refractivity contribution in [2.45, 2.75) is 19.3 Å². The Morgan fingerprint density at radius 3 is 2.72 bits per heavy atom. The molecule has 1 fully saturated rings. The highest BCUT2D eigenvalue weighted by Crippen LogP contribution is 2.29. The number of rotatable bonds is 3. The molecule has 1 saturated heterocycles. The standard InChI is InChI=1S/C19H24N4O2/c1-13-9-16(21(2)3)10-17(20-13)14-7-8-23(12-14)19(25)15-5-6-18(24)22(4)11-15/h5-6,9-11,14H,7-8,12H2,1-4H3/t14-/m0/s1. The second-order valence-corrected chi connectivity index (χ2v) is 6.89. The molecule has 0 aromatic carbocycles. The first kappa shape index (κ1) is 17.2. The topological polar surface area (TPSA) is 58.4 Å². The third kappa shape index (κ3) is 3.57. The predicted octanol–water partition coefficient (Wildman–Crippen LogP) is 1.78. The average Bonchev–Trinajstić information content (AvgIpc) is 3.06. The summed E-state index contributed by atoms with van der Waals surface area (Å²) in [5, 5.41) is 0. The maximum atomic E-state index is 12.7. The van der Waals surface area contributed by atoms with Crippen LogP contribution in [0.25, 0.3) is 0 Å². The van der Waals surface area contributed by atoms with Crippen LogP contribution < -0.4 is 10.5 Å². The van der Waals surface area contributed by atoms with E-state index < -0.39 is 0 Å². The Bertz CT molecular complexity index is 857. The van der Waals surface area contributed by atoms with E-state index >= 15 is 0 Å². The first-order valence-corrected chi connectivity index (χ1v) is 8.47. The Morgan fingerprint density at radius 1 is 1.28 bits per heavy atom. The number of nitrogens with zero attached hydrogens (tertiary/aromatic N) is 4. The minimum Gasteiger partial charge on any atom is -0.378 e. The molecule has 1 amide bonds. The Morgan fingerprint density at radius 2 is 2.04 bits per heavy atom. The van der Waals surface area contributed by atoms with E-state index in [-0.39, 0.29) is 17.4 Å². The van der Waals surface area contributed by atoms with E-state index in [0.717, 1.165) is 23.5 Å². The van der Waals surface area contributed by atoms with Crippen LogP contribution in [0.3, 0.4) is 0 Å². The van der Waals surface area contributed by atoms with E-state index in [4.69, 9.17) is 0 Å². The molecule has 0 spiro atoms. The number of amides is 1. The molecular weight excluding hydrogens is 316 g/mol. The van der Waals surface area contributed by atoms with Crippen molar-refractivity contribution in [3.63, 3.8) is 0 Å². The predicted molar refractivity (Wildman–Crippen MR) is 98.2 cm³/mol. The number of hydrogen-bond acceptors (Lipinski definition) is 4. The lowest BCUT2D eigenvalue weighted by Gasteiger charge is -2.19. The summed E-state index contributed by atoms with van der Waals surface area (Å²) in [7, 11) is 5.69. The summed E-state index contributed by atoms with van der Waals surface area (Å²) >= 11 is 0. The van der Waals surface area contributed by atoms with E-state index in [1.165, 1.54) is 10.6 Å². The van der Waals surface area contributed by atoms with E-state index in [0.29, 0.717) is 18.7 Å². The number of aryl methyl sites for hydroxylation is 2. The van der Waals surface area contributed by atoms with E-state index in [1.807, 2.05) is 25.9 Å². The molecule has 2 aromatic heterocycles. The SMILES string of the molecule is Cc1cc(N(C)C)cc([C@H]2CCN(C(=O)c3ccc(=O)n(C)c3)C2)n1. The van der Waals surface area contributed by atoms with Crippen molar-refractivity contribution in [3.8, 4) is 0 Å². The van der Waals surface area contributed by atoms with Gasteiger partial charge in [-0.25, -0.2) is 0 Å². The number of pyridine rings is 2. The number of hydrogen-bond donors (Lipinski definition) is 0. The van der Waals surface area contributed by atoms with Gasteiger partial charge in [0.15, 0.2) is 0 Å². The number of aromatic nitrogens is 2. The number of carbonyl (C=O) groups excluding carboxylic acids is 1. The van der Waals surface area contributed by atoms with Gasteiger partial charge in [0, 0.05) is 69.5 Å². The van der Waals surface area contributed by atoms with Crippen molar-refractivity contribution in [1.29, 1.82) is 0 Å². The molecule has 6 heteroatoms. The van der Waals surface area contributed by atoms with Gasteiger partial charge in [0.2, 0.25) is 5.56 Å². The fourth-order valence-electron chi connectivity index (χ4n) is 3.23. The first-order chi connectivity index (χ1) is 11.8. The Balaban J connectivity index is 1.78. The molecule has 1 aliphatic rings. The van der Waals surface area contributed by atoms with Gasteiger partial charge in [-0.1, -0.05) is 0 Å². The van der Waals surface area contributed by atoms with Crippen molar-refractivity contribution in [3.05, 3.63) is 57.8 Å². The van der Waals surface area contributed by atoms with Gasteiger partial charge in [-0.3, -0.25) is 14.6 Å². The molecule has 0 N–H and O–H groups in total. The second-order valence-electron chi connectivity index (χ2n) is 6.89. The van der Waals surface area contributed by atoms with Crippen LogP contribution in [0.1, 0.15) is 34.1 Å². The van der Waals surface area contributed by atoms with E-state index in [9.17, 15) is 9.59 Å². The van der Waals surface area contributed by atoms with Gasteiger partial charge < -0.3 is 14.4 Å². The van der Waals surface area contributed by atoms with Crippen LogP contribution in [0.5, 0.6) is 0 Å². The molecular formula is C19H24N4O2. The first-order valence-electron chi connectivity index (χ1n) is 8.47. The van der Waals surface area contributed by atoms with E-state index in [2.05, 4.69) is 22.0 Å². The van der Waals surface area contributed by atoms with Gasteiger partial charge in [-0.2, -0.15) is 0 Å². The van der Waals surface area contributed by atoms with Crippen molar-refractivity contribution < 1.29 is 4.79 Å². The third-order valence-corrected chi connectivity index (χ3v) is 4.70. The zero-order valence-electron chi connectivity index (χ0n) is 15.2. The average molecular weight is 340 g/mol. The molecule has 0 aliphatic carbocycles. The largest absolute Gasteiger partial charge is 0.378 e. The quantitative estimate of drug-likeness (QED) is 0.855. The fourth-order valence-corrected chi connectivity index (χ4v) is 3.23. The number of carbonyl (C=O) groups is 1. The smallest absolute Gasteiger partial charge is 0.255 e. The zero-order chi connectivity index (χ0) is 18.1. The summed E-state index contributed by atoms with van der Waals surface area (Å²) in [5.74, 6) is 0.216.